The second kappa shape index (κ2) is 7.07. The number of fused-ring (bicyclic) bond motifs is 1. The van der Waals surface area contributed by atoms with Gasteiger partial charge >= 0.3 is 0 Å². The molecule has 2 aromatic carbocycles. The Kier molecular flexibility index (Phi) is 4.88. The third kappa shape index (κ3) is 3.30. The molecule has 3 aromatic rings. The van der Waals surface area contributed by atoms with Crippen LogP contribution in [0.1, 0.15) is 11.6 Å². The minimum atomic E-state index is -0.514. The Morgan fingerprint density at radius 3 is 2.50 bits per heavy atom. The molecule has 0 spiro atoms. The van der Waals surface area contributed by atoms with Gasteiger partial charge in [0.2, 0.25) is 0 Å². The number of hydrogen-bond acceptors (Lipinski definition) is 3. The molecule has 126 valence electrons. The number of nitrogens with zero attached hydrogens (tertiary/aromatic N) is 2. The molecule has 1 aromatic heterocycles. The highest BCUT2D eigenvalue weighted by atomic mass is 16.5. The van der Waals surface area contributed by atoms with Gasteiger partial charge in [0.1, 0.15) is 5.75 Å². The van der Waals surface area contributed by atoms with E-state index in [2.05, 4.69) is 22.8 Å². The standard InChI is InChI=1S/C20H24N2O2/c1-21(2)14-19(23)20(15-7-5-4-6-8-15)22-12-11-16-13-17(24-3)9-10-18(16)22/h4-13,19-20,23H,14H2,1-3H3/t19-,20+/m1/s1. The Hall–Kier alpha value is -2.30. The lowest BCUT2D eigenvalue weighted by molar-refractivity contribution is 0.101. The van der Waals surface area contributed by atoms with Crippen LogP contribution in [0.25, 0.3) is 10.9 Å². The minimum Gasteiger partial charge on any atom is -0.497 e. The maximum absolute atomic E-state index is 10.9. The lowest BCUT2D eigenvalue weighted by atomic mass is 10.0. The van der Waals surface area contributed by atoms with Gasteiger partial charge in [0.05, 0.1) is 19.3 Å². The summed E-state index contributed by atoms with van der Waals surface area (Å²) >= 11 is 0. The largest absolute Gasteiger partial charge is 0.497 e. The average Bonchev–Trinajstić information content (AvgIpc) is 2.98. The molecule has 0 saturated heterocycles. The molecule has 1 N–H and O–H groups in total. The first kappa shape index (κ1) is 16.6. The number of aromatic nitrogens is 1. The van der Waals surface area contributed by atoms with E-state index < -0.39 is 6.10 Å². The third-order valence-corrected chi connectivity index (χ3v) is 4.29. The molecule has 0 bridgehead atoms. The van der Waals surface area contributed by atoms with Gasteiger partial charge in [-0.1, -0.05) is 30.3 Å². The molecule has 0 aliphatic heterocycles. The van der Waals surface area contributed by atoms with Crippen molar-refractivity contribution in [1.82, 2.24) is 9.47 Å². The topological polar surface area (TPSA) is 37.6 Å². The molecule has 0 saturated carbocycles. The zero-order valence-electron chi connectivity index (χ0n) is 14.4. The number of rotatable bonds is 6. The second-order valence-corrected chi connectivity index (χ2v) is 6.33. The van der Waals surface area contributed by atoms with Crippen LogP contribution in [0.4, 0.5) is 0 Å². The summed E-state index contributed by atoms with van der Waals surface area (Å²) in [5.41, 5.74) is 2.18. The van der Waals surface area contributed by atoms with E-state index in [0.717, 1.165) is 22.2 Å². The van der Waals surface area contributed by atoms with Crippen molar-refractivity contribution in [1.29, 1.82) is 0 Å². The van der Waals surface area contributed by atoms with Crippen LogP contribution < -0.4 is 4.74 Å². The number of methoxy groups -OCH3 is 1. The first-order valence-corrected chi connectivity index (χ1v) is 8.12. The first-order chi connectivity index (χ1) is 11.6. The van der Waals surface area contributed by atoms with E-state index >= 15 is 0 Å². The molecule has 4 nitrogen and oxygen atoms in total. The minimum absolute atomic E-state index is 0.139. The van der Waals surface area contributed by atoms with Crippen molar-refractivity contribution in [3.63, 3.8) is 0 Å². The Balaban J connectivity index is 2.08. The Morgan fingerprint density at radius 2 is 1.83 bits per heavy atom. The molecule has 2 atom stereocenters. The number of benzene rings is 2. The van der Waals surface area contributed by atoms with Gasteiger partial charge in [0, 0.05) is 23.6 Å². The Morgan fingerprint density at radius 1 is 1.08 bits per heavy atom. The van der Waals surface area contributed by atoms with Crippen molar-refractivity contribution >= 4 is 10.9 Å². The van der Waals surface area contributed by atoms with Crippen LogP contribution in [0.2, 0.25) is 0 Å². The fourth-order valence-electron chi connectivity index (χ4n) is 3.20. The summed E-state index contributed by atoms with van der Waals surface area (Å²) < 4.78 is 7.46. The van der Waals surface area contributed by atoms with Gasteiger partial charge in [-0.05, 0) is 43.9 Å². The summed E-state index contributed by atoms with van der Waals surface area (Å²) in [6.45, 7) is 0.593. The third-order valence-electron chi connectivity index (χ3n) is 4.29. The summed E-state index contributed by atoms with van der Waals surface area (Å²) in [6, 6.07) is 18.1. The molecule has 0 radical (unpaired) electrons. The smallest absolute Gasteiger partial charge is 0.119 e. The van der Waals surface area contributed by atoms with Crippen molar-refractivity contribution in [2.75, 3.05) is 27.7 Å². The molecule has 3 rings (SSSR count). The highest BCUT2D eigenvalue weighted by Crippen LogP contribution is 2.30. The number of aliphatic hydroxyl groups excluding tert-OH is 1. The highest BCUT2D eigenvalue weighted by molar-refractivity contribution is 5.82. The van der Waals surface area contributed by atoms with E-state index in [0.29, 0.717) is 6.54 Å². The molecule has 1 heterocycles. The van der Waals surface area contributed by atoms with Gasteiger partial charge in [0.15, 0.2) is 0 Å². The monoisotopic (exact) mass is 324 g/mol. The van der Waals surface area contributed by atoms with E-state index in [-0.39, 0.29) is 6.04 Å². The summed E-state index contributed by atoms with van der Waals surface area (Å²) in [7, 11) is 5.62. The van der Waals surface area contributed by atoms with Gasteiger partial charge in [-0.25, -0.2) is 0 Å². The molecule has 4 heteroatoms. The predicted molar refractivity (Wildman–Crippen MR) is 97.6 cm³/mol. The molecule has 0 aliphatic carbocycles. The number of hydrogen-bond donors (Lipinski definition) is 1. The van der Waals surface area contributed by atoms with Crippen molar-refractivity contribution < 1.29 is 9.84 Å². The van der Waals surface area contributed by atoms with E-state index in [1.807, 2.05) is 61.6 Å². The van der Waals surface area contributed by atoms with Crippen LogP contribution >= 0.6 is 0 Å². The molecular formula is C20H24N2O2. The van der Waals surface area contributed by atoms with Crippen LogP contribution in [-0.4, -0.2) is 48.4 Å². The normalized spacial score (nSPS) is 14.0. The Bertz CT molecular complexity index is 796. The van der Waals surface area contributed by atoms with Crippen LogP contribution in [0.15, 0.2) is 60.8 Å². The number of likely N-dealkylation sites (N-methyl/N-ethyl adjacent to an activating group) is 1. The van der Waals surface area contributed by atoms with Crippen molar-refractivity contribution in [3.05, 3.63) is 66.4 Å². The quantitative estimate of drug-likeness (QED) is 0.757. The molecule has 0 unspecified atom stereocenters. The average molecular weight is 324 g/mol. The molecular weight excluding hydrogens is 300 g/mol. The summed E-state index contributed by atoms with van der Waals surface area (Å²) in [5.74, 6) is 0.838. The van der Waals surface area contributed by atoms with Gasteiger partial charge in [-0.2, -0.15) is 0 Å². The molecule has 0 amide bonds. The van der Waals surface area contributed by atoms with E-state index in [1.165, 1.54) is 0 Å². The van der Waals surface area contributed by atoms with Gasteiger partial charge in [0.25, 0.3) is 0 Å². The second-order valence-electron chi connectivity index (χ2n) is 6.33. The summed E-state index contributed by atoms with van der Waals surface area (Å²) in [6.07, 6.45) is 1.53. The van der Waals surface area contributed by atoms with Gasteiger partial charge in [-0.15, -0.1) is 0 Å². The zero-order valence-corrected chi connectivity index (χ0v) is 14.4. The Labute approximate surface area is 142 Å². The summed E-state index contributed by atoms with van der Waals surface area (Å²) in [4.78, 5) is 2.01. The molecule has 24 heavy (non-hydrogen) atoms. The van der Waals surface area contributed by atoms with Gasteiger partial charge < -0.3 is 19.3 Å². The highest BCUT2D eigenvalue weighted by Gasteiger charge is 2.24. The lowest BCUT2D eigenvalue weighted by Crippen LogP contribution is -2.34. The lowest BCUT2D eigenvalue weighted by Gasteiger charge is -2.28. The maximum atomic E-state index is 10.9. The number of ether oxygens (including phenoxy) is 1. The molecule has 0 fully saturated rings. The zero-order chi connectivity index (χ0) is 17.1. The van der Waals surface area contributed by atoms with E-state index in [4.69, 9.17) is 4.74 Å². The van der Waals surface area contributed by atoms with Crippen molar-refractivity contribution in [3.8, 4) is 5.75 Å². The molecule has 0 aliphatic rings. The maximum Gasteiger partial charge on any atom is 0.119 e. The van der Waals surface area contributed by atoms with Gasteiger partial charge in [-0.3, -0.25) is 0 Å². The van der Waals surface area contributed by atoms with Crippen molar-refractivity contribution in [2.45, 2.75) is 12.1 Å². The number of aliphatic hydroxyl groups is 1. The van der Waals surface area contributed by atoms with E-state index in [1.54, 1.807) is 7.11 Å². The SMILES string of the molecule is COc1ccc2c(ccn2[C@@H](c2ccccc2)[C@H](O)CN(C)C)c1. The van der Waals surface area contributed by atoms with E-state index in [9.17, 15) is 5.11 Å². The fourth-order valence-corrected chi connectivity index (χ4v) is 3.20. The van der Waals surface area contributed by atoms with Crippen LogP contribution in [0.5, 0.6) is 5.75 Å². The fraction of sp³-hybridized carbons (Fsp3) is 0.300. The van der Waals surface area contributed by atoms with Crippen LogP contribution in [-0.2, 0) is 0 Å². The van der Waals surface area contributed by atoms with Crippen LogP contribution in [0.3, 0.4) is 0 Å². The predicted octanol–water partition coefficient (Wildman–Crippen LogP) is 3.16. The van der Waals surface area contributed by atoms with Crippen LogP contribution in [0, 0.1) is 0 Å². The van der Waals surface area contributed by atoms with Crippen molar-refractivity contribution in [2.24, 2.45) is 0 Å². The summed E-state index contributed by atoms with van der Waals surface area (Å²) in [5, 5.41) is 12.0. The first-order valence-electron chi connectivity index (χ1n) is 8.12.